The topological polar surface area (TPSA) is 202 Å². The Morgan fingerprint density at radius 3 is 0.854 bits per heavy atom. The summed E-state index contributed by atoms with van der Waals surface area (Å²) in [6.07, 6.45) is -16.6. The number of fused-ring (bicyclic) bond motifs is 2. The van der Waals surface area contributed by atoms with Gasteiger partial charge in [-0.2, -0.15) is 26.3 Å². The zero-order valence-corrected chi connectivity index (χ0v) is 52.4. The first-order valence-corrected chi connectivity index (χ1v) is 31.4. The van der Waals surface area contributed by atoms with E-state index >= 15 is 55.1 Å². The summed E-state index contributed by atoms with van der Waals surface area (Å²) in [5.41, 5.74) is -1.95. The smallest absolute Gasteiger partial charge is 0.391 e. The van der Waals surface area contributed by atoms with Gasteiger partial charge < -0.3 is 47.7 Å². The van der Waals surface area contributed by atoms with Crippen molar-refractivity contribution in [3.63, 3.8) is 0 Å². The third kappa shape index (κ3) is 12.4. The number of hydrogen-bond acceptors (Lipinski definition) is 14. The first-order chi connectivity index (χ1) is 45.9. The predicted octanol–water partition coefficient (Wildman–Crippen LogP) is 14.6. The number of amides is 6. The normalized spacial score (nSPS) is 19.3. The quantitative estimate of drug-likeness (QED) is 0.0204. The minimum atomic E-state index is -5.18. The van der Waals surface area contributed by atoms with Crippen molar-refractivity contribution in [2.24, 2.45) is 0 Å². The van der Waals surface area contributed by atoms with Gasteiger partial charge in [0.2, 0.25) is 11.8 Å². The van der Waals surface area contributed by atoms with Crippen LogP contribution in [-0.2, 0) is 28.5 Å². The maximum absolute atomic E-state index is 16.0. The number of epoxide rings is 4. The van der Waals surface area contributed by atoms with Crippen molar-refractivity contribution in [2.45, 2.75) is 61.7 Å². The molecule has 0 N–H and O–H groups in total. The van der Waals surface area contributed by atoms with Crippen LogP contribution in [0.2, 0.25) is 20.1 Å². The van der Waals surface area contributed by atoms with Crippen LogP contribution in [0.25, 0.3) is 43.1 Å². The molecule has 6 aliphatic heterocycles. The minimum absolute atomic E-state index is 0.0207. The molecule has 18 nitrogen and oxygen atoms in total. The molecule has 492 valence electrons. The van der Waals surface area contributed by atoms with E-state index in [1.165, 1.54) is 97.1 Å². The van der Waals surface area contributed by atoms with Crippen LogP contribution in [0.1, 0.15) is 54.3 Å². The first-order valence-electron chi connectivity index (χ1n) is 29.9. The number of nitrogens with zero attached hydrogens (tertiary/aromatic N) is 4. The van der Waals surface area contributed by atoms with Crippen molar-refractivity contribution in [1.82, 2.24) is 19.6 Å². The molecule has 6 unspecified atom stereocenters. The first kappa shape index (κ1) is 63.3. The second-order valence-electron chi connectivity index (χ2n) is 23.9. The van der Waals surface area contributed by atoms with Gasteiger partial charge in [0.05, 0.1) is 85.9 Å². The number of halogens is 10. The summed E-state index contributed by atoms with van der Waals surface area (Å²) in [7, 11) is 0. The molecule has 9 aromatic rings. The molecule has 0 spiro atoms. The maximum Gasteiger partial charge on any atom is 0.391 e. The molecule has 0 aromatic heterocycles. The highest BCUT2D eigenvalue weighted by Crippen LogP contribution is 2.59. The lowest BCUT2D eigenvalue weighted by molar-refractivity contribution is -0.159. The molecule has 0 bridgehead atoms. The molecule has 15 rings (SSSR count). The zero-order valence-electron chi connectivity index (χ0n) is 49.4. The molecular weight excluding hydrogens is 1350 g/mol. The molecule has 0 saturated carbocycles. The van der Waals surface area contributed by atoms with Gasteiger partial charge in [0.15, 0.2) is 0 Å². The molecule has 6 atom stereocenters. The van der Waals surface area contributed by atoms with E-state index in [1.807, 2.05) is 0 Å². The van der Waals surface area contributed by atoms with E-state index in [9.17, 15) is 0 Å². The summed E-state index contributed by atoms with van der Waals surface area (Å²) < 4.78 is 141. The molecule has 6 amide bonds. The third-order valence-corrected chi connectivity index (χ3v) is 18.0. The Balaban J connectivity index is 1.07. The lowest BCUT2D eigenvalue weighted by atomic mass is 9.80. The van der Waals surface area contributed by atoms with Crippen molar-refractivity contribution < 1.29 is 93.0 Å². The number of carbonyl (C=O) groups excluding carboxylic acids is 6. The Morgan fingerprint density at radius 1 is 0.406 bits per heavy atom. The second kappa shape index (κ2) is 24.1. The lowest BCUT2D eigenvalue weighted by Gasteiger charge is -2.37. The summed E-state index contributed by atoms with van der Waals surface area (Å²) in [4.78, 5) is 96.6. The standard InChI is InChI=1S/C68H46Cl4F6N4O14/c69-31-5-1-9-35(13-31)93-49-17-43-53-44(62(84)81(61(43)83)47(21-67(73,74)75)65(87)79(23-39-27-89-39)24-40-28-90-40)19-51(95-37-11-3-7-33(71)15-37)57-58-52(96-38-12-4-8-34(72)16-38)20-46-54-45(18-50(56(60(54)58)55(49)59(53)57)94-36-10-2-6-32(70)14-36)63(85)82(64(46)86)48(22-68(76,77)78)66(88)80(25-41-29-91-41)26-42-30-92-42/h1-20,39-42,47-48H,21-30H2. The van der Waals surface area contributed by atoms with E-state index in [2.05, 4.69) is 0 Å². The van der Waals surface area contributed by atoms with Gasteiger partial charge in [-0.1, -0.05) is 70.7 Å². The van der Waals surface area contributed by atoms with Crippen molar-refractivity contribution >= 4 is 125 Å². The molecule has 4 saturated heterocycles. The largest absolute Gasteiger partial charge is 0.457 e. The zero-order chi connectivity index (χ0) is 67.0. The average Bonchev–Trinajstić information content (AvgIpc) is 1.54. The van der Waals surface area contributed by atoms with Crippen LogP contribution in [0.15, 0.2) is 121 Å². The average molecular weight is 1400 g/mol. The van der Waals surface area contributed by atoms with Gasteiger partial charge in [-0.05, 0) is 97.1 Å². The number of benzene rings is 9. The highest BCUT2D eigenvalue weighted by molar-refractivity contribution is 6.45. The fraction of sp³-hybridized carbons (Fsp3) is 0.265. The van der Waals surface area contributed by atoms with Gasteiger partial charge >= 0.3 is 12.4 Å². The molecular formula is C68H46Cl4F6N4O14. The minimum Gasteiger partial charge on any atom is -0.457 e. The number of carbonyl (C=O) groups is 6. The van der Waals surface area contributed by atoms with E-state index in [4.69, 9.17) is 84.3 Å². The number of alkyl halides is 6. The van der Waals surface area contributed by atoms with Crippen LogP contribution in [0, 0.1) is 0 Å². The maximum atomic E-state index is 16.0. The van der Waals surface area contributed by atoms with Crippen LogP contribution >= 0.6 is 46.4 Å². The van der Waals surface area contributed by atoms with Crippen molar-refractivity contribution in [2.75, 3.05) is 52.6 Å². The number of imide groups is 2. The van der Waals surface area contributed by atoms with Crippen molar-refractivity contribution in [3.8, 4) is 46.0 Å². The van der Waals surface area contributed by atoms with E-state index in [-0.39, 0.29) is 172 Å². The number of rotatable bonds is 22. The monoisotopic (exact) mass is 1400 g/mol. The Bertz CT molecular complexity index is 4250. The molecule has 6 aliphatic rings. The van der Waals surface area contributed by atoms with E-state index in [0.29, 0.717) is 0 Å². The van der Waals surface area contributed by atoms with Gasteiger partial charge in [0.1, 0.15) is 58.1 Å². The number of ether oxygens (including phenoxy) is 8. The summed E-state index contributed by atoms with van der Waals surface area (Å²) >= 11 is 26.5. The lowest BCUT2D eigenvalue weighted by Crippen LogP contribution is -2.57. The molecule has 28 heteroatoms. The van der Waals surface area contributed by atoms with Crippen LogP contribution in [-0.4, -0.2) is 157 Å². The molecule has 0 aliphatic carbocycles. The highest BCUT2D eigenvalue weighted by Gasteiger charge is 2.52. The van der Waals surface area contributed by atoms with Crippen LogP contribution in [0.4, 0.5) is 26.3 Å². The fourth-order valence-electron chi connectivity index (χ4n) is 12.7. The van der Waals surface area contributed by atoms with Gasteiger partial charge in [0.25, 0.3) is 23.6 Å². The van der Waals surface area contributed by atoms with Gasteiger partial charge in [-0.15, -0.1) is 0 Å². The van der Waals surface area contributed by atoms with Crippen LogP contribution in [0.5, 0.6) is 46.0 Å². The molecule has 96 heavy (non-hydrogen) atoms. The fourth-order valence-corrected chi connectivity index (χ4v) is 13.4. The van der Waals surface area contributed by atoms with Gasteiger partial charge in [-0.25, -0.2) is 0 Å². The summed E-state index contributed by atoms with van der Waals surface area (Å²) in [5.74, 6) is -9.44. The summed E-state index contributed by atoms with van der Waals surface area (Å²) in [5, 5.41) is -0.705. The van der Waals surface area contributed by atoms with Gasteiger partial charge in [0, 0.05) is 89.4 Å². The predicted molar refractivity (Wildman–Crippen MR) is 336 cm³/mol. The van der Waals surface area contributed by atoms with E-state index < -0.39 is 119 Å². The van der Waals surface area contributed by atoms with E-state index in [1.54, 1.807) is 0 Å². The molecule has 0 radical (unpaired) electrons. The Morgan fingerprint density at radius 2 is 0.646 bits per heavy atom. The Labute approximate surface area is 558 Å². The molecule has 6 heterocycles. The van der Waals surface area contributed by atoms with Crippen LogP contribution < -0.4 is 18.9 Å². The Hall–Kier alpha value is -8.72. The van der Waals surface area contributed by atoms with Crippen LogP contribution in [0.3, 0.4) is 0 Å². The van der Waals surface area contributed by atoms with Crippen molar-refractivity contribution in [1.29, 1.82) is 0 Å². The molecule has 4 fully saturated rings. The summed E-state index contributed by atoms with van der Waals surface area (Å²) in [6, 6.07) is 23.1. The highest BCUT2D eigenvalue weighted by atomic mass is 35.5. The van der Waals surface area contributed by atoms with E-state index in [0.717, 1.165) is 34.1 Å². The molecule has 9 aromatic carbocycles. The SMILES string of the molecule is O=C(C(CC(F)(F)F)N1C(=O)c2cc(Oc3cccc(Cl)c3)c3c4c(Oc5cccc(Cl)c5)cc5c6c(cc(Oc7cccc(Cl)c7)c(c7c(Oc8cccc(Cl)c8)cc(c2c37)C1=O)c64)C(=O)N(C(CC(F)(F)F)C(=O)N(CC1CO1)CC1CO1)C5=O)N(CC1CO1)CC1CO1. The van der Waals surface area contributed by atoms with Gasteiger partial charge in [-0.3, -0.25) is 38.6 Å². The Kier molecular flexibility index (Phi) is 15.9. The van der Waals surface area contributed by atoms with Crippen molar-refractivity contribution in [3.05, 3.63) is 164 Å². The third-order valence-electron chi connectivity index (χ3n) is 17.0. The summed E-state index contributed by atoms with van der Waals surface area (Å²) in [6.45, 7) is -0.0503. The second-order valence-corrected chi connectivity index (χ2v) is 25.6. The number of hydrogen-bond donors (Lipinski definition) is 0.